The van der Waals surface area contributed by atoms with Crippen LogP contribution in [0.4, 0.5) is 5.69 Å². The summed E-state index contributed by atoms with van der Waals surface area (Å²) in [6.07, 6.45) is 9.48. The molecular weight excluding hydrogens is 650 g/mol. The molecule has 1 saturated heterocycles. The van der Waals surface area contributed by atoms with Gasteiger partial charge in [0.15, 0.2) is 0 Å². The van der Waals surface area contributed by atoms with Gasteiger partial charge in [0.05, 0.1) is 29.6 Å². The summed E-state index contributed by atoms with van der Waals surface area (Å²) in [5.41, 5.74) is 1.71. The lowest BCUT2D eigenvalue weighted by Gasteiger charge is -2.49. The van der Waals surface area contributed by atoms with Crippen LogP contribution in [0.5, 0.6) is 5.75 Å². The number of fused-ring (bicyclic) bond motifs is 4. The van der Waals surface area contributed by atoms with Gasteiger partial charge < -0.3 is 19.6 Å². The fraction of sp³-hybridized carbons (Fsp3) is 0.568. The summed E-state index contributed by atoms with van der Waals surface area (Å²) in [7, 11) is -4.01. The molecular formula is C37H46ClN3O6S. The zero-order valence-corrected chi connectivity index (χ0v) is 29.4. The molecule has 2 N–H and O–H groups in total. The summed E-state index contributed by atoms with van der Waals surface area (Å²) in [6.45, 7) is 6.51. The van der Waals surface area contributed by atoms with E-state index in [1.54, 1.807) is 36.1 Å². The SMILES string of the molecule is C[C@@H]1[C@@H](C)C/C=C\[C@](O)(CC(=O)N2CCC2)[C@@H]2CC[C@H]2CN2C[C@@]3(CCCc4cc(Cl)ccc43)COc3ccc(cc32)C(=O)NS1(=O)=O. The van der Waals surface area contributed by atoms with E-state index in [1.807, 2.05) is 19.1 Å². The number of halogens is 1. The summed E-state index contributed by atoms with van der Waals surface area (Å²) in [4.78, 5) is 30.9. The molecule has 2 bridgehead atoms. The van der Waals surface area contributed by atoms with Crippen LogP contribution in [-0.2, 0) is 26.7 Å². The van der Waals surface area contributed by atoms with Gasteiger partial charge in [0.1, 0.15) is 5.75 Å². The van der Waals surface area contributed by atoms with Crippen molar-refractivity contribution in [2.24, 2.45) is 17.8 Å². The van der Waals surface area contributed by atoms with Crippen molar-refractivity contribution < 1.29 is 27.9 Å². The number of benzene rings is 2. The molecule has 3 aliphatic heterocycles. The average molecular weight is 696 g/mol. The molecule has 2 aliphatic carbocycles. The number of hydrogen-bond donors (Lipinski definition) is 2. The summed E-state index contributed by atoms with van der Waals surface area (Å²) in [5.74, 6) is -0.494. The Balaban J connectivity index is 1.31. The fourth-order valence-electron chi connectivity index (χ4n) is 8.48. The van der Waals surface area contributed by atoms with Crippen molar-refractivity contribution in [2.75, 3.05) is 37.7 Å². The van der Waals surface area contributed by atoms with E-state index in [0.717, 1.165) is 44.2 Å². The highest BCUT2D eigenvalue weighted by Crippen LogP contribution is 2.49. The summed E-state index contributed by atoms with van der Waals surface area (Å²) < 4.78 is 35.7. The zero-order valence-electron chi connectivity index (χ0n) is 27.8. The number of amides is 2. The van der Waals surface area contributed by atoms with E-state index < -0.39 is 26.8 Å². The number of aliphatic hydroxyl groups is 1. The molecule has 2 fully saturated rings. The number of carbonyl (C=O) groups is 2. The fourth-order valence-corrected chi connectivity index (χ4v) is 9.96. The van der Waals surface area contributed by atoms with Gasteiger partial charge in [-0.3, -0.25) is 9.59 Å². The first-order valence-corrected chi connectivity index (χ1v) is 19.3. The van der Waals surface area contributed by atoms with E-state index in [4.69, 9.17) is 16.3 Å². The third kappa shape index (κ3) is 6.13. The highest BCUT2D eigenvalue weighted by molar-refractivity contribution is 7.90. The Hall–Kier alpha value is -3.08. The van der Waals surface area contributed by atoms with Crippen LogP contribution in [0.2, 0.25) is 5.02 Å². The minimum absolute atomic E-state index is 0.00484. The number of allylic oxidation sites excluding steroid dienone is 1. The Kier molecular flexibility index (Phi) is 8.82. The molecule has 0 unspecified atom stereocenters. The van der Waals surface area contributed by atoms with Crippen molar-refractivity contribution in [2.45, 2.75) is 81.5 Å². The van der Waals surface area contributed by atoms with Gasteiger partial charge >= 0.3 is 0 Å². The first-order chi connectivity index (χ1) is 22.9. The van der Waals surface area contributed by atoms with Crippen LogP contribution in [0.1, 0.15) is 80.3 Å². The maximum atomic E-state index is 13.5. The Morgan fingerprint density at radius 2 is 1.94 bits per heavy atom. The lowest BCUT2D eigenvalue weighted by Crippen LogP contribution is -2.54. The minimum atomic E-state index is -4.01. The molecule has 11 heteroatoms. The van der Waals surface area contributed by atoms with Gasteiger partial charge in [-0.25, -0.2) is 13.1 Å². The van der Waals surface area contributed by atoms with Crippen LogP contribution in [-0.4, -0.2) is 73.9 Å². The van der Waals surface area contributed by atoms with Crippen LogP contribution < -0.4 is 14.4 Å². The van der Waals surface area contributed by atoms with Crippen LogP contribution in [0.25, 0.3) is 0 Å². The average Bonchev–Trinajstić information content (AvgIpc) is 3.13. The number of nitrogens with one attached hydrogen (secondary N) is 1. The molecule has 258 valence electrons. The van der Waals surface area contributed by atoms with E-state index >= 15 is 0 Å². The molecule has 1 saturated carbocycles. The monoisotopic (exact) mass is 695 g/mol. The van der Waals surface area contributed by atoms with Crippen molar-refractivity contribution in [1.82, 2.24) is 9.62 Å². The van der Waals surface area contributed by atoms with Gasteiger partial charge in [0, 0.05) is 42.2 Å². The second-order valence-corrected chi connectivity index (χ2v) is 17.4. The predicted octanol–water partition coefficient (Wildman–Crippen LogP) is 5.24. The molecule has 9 nitrogen and oxygen atoms in total. The second kappa shape index (κ2) is 12.7. The lowest BCUT2D eigenvalue weighted by molar-refractivity contribution is -0.143. The Bertz CT molecular complexity index is 1740. The normalized spacial score (nSPS) is 33.5. The summed E-state index contributed by atoms with van der Waals surface area (Å²) in [6, 6.07) is 11.3. The number of rotatable bonds is 2. The number of hydrogen-bond acceptors (Lipinski definition) is 7. The number of sulfonamides is 1. The van der Waals surface area contributed by atoms with Crippen molar-refractivity contribution in [3.63, 3.8) is 0 Å². The third-order valence-corrected chi connectivity index (χ3v) is 14.0. The van der Waals surface area contributed by atoms with Crippen molar-refractivity contribution >= 4 is 39.1 Å². The lowest BCUT2D eigenvalue weighted by atomic mass is 9.63. The van der Waals surface area contributed by atoms with Gasteiger partial charge in [0.2, 0.25) is 15.9 Å². The first-order valence-electron chi connectivity index (χ1n) is 17.4. The van der Waals surface area contributed by atoms with Crippen LogP contribution in [0, 0.1) is 17.8 Å². The van der Waals surface area contributed by atoms with Crippen LogP contribution >= 0.6 is 11.6 Å². The van der Waals surface area contributed by atoms with Gasteiger partial charge in [-0.15, -0.1) is 0 Å². The predicted molar refractivity (Wildman–Crippen MR) is 186 cm³/mol. The molecule has 2 aromatic carbocycles. The van der Waals surface area contributed by atoms with Gasteiger partial charge in [-0.2, -0.15) is 0 Å². The van der Waals surface area contributed by atoms with Crippen molar-refractivity contribution in [3.8, 4) is 5.75 Å². The molecule has 2 aromatic rings. The second-order valence-electron chi connectivity index (χ2n) is 14.9. The van der Waals surface area contributed by atoms with E-state index in [-0.39, 0.29) is 41.1 Å². The van der Waals surface area contributed by atoms with E-state index in [1.165, 1.54) is 11.1 Å². The molecule has 0 aromatic heterocycles. The van der Waals surface area contributed by atoms with E-state index in [0.29, 0.717) is 50.0 Å². The highest BCUT2D eigenvalue weighted by Gasteiger charge is 2.49. The number of carbonyl (C=O) groups excluding carboxylic acids is 2. The quantitative estimate of drug-likeness (QED) is 0.413. The van der Waals surface area contributed by atoms with Crippen molar-refractivity contribution in [3.05, 3.63) is 70.3 Å². The van der Waals surface area contributed by atoms with Crippen molar-refractivity contribution in [1.29, 1.82) is 0 Å². The number of anilines is 1. The molecule has 3 heterocycles. The number of likely N-dealkylation sites (tertiary alicyclic amines) is 1. The largest absolute Gasteiger partial charge is 0.490 e. The third-order valence-electron chi connectivity index (χ3n) is 11.9. The van der Waals surface area contributed by atoms with E-state index in [2.05, 4.69) is 21.8 Å². The first kappa shape index (κ1) is 33.4. The topological polar surface area (TPSA) is 116 Å². The van der Waals surface area contributed by atoms with Gasteiger partial charge in [0.25, 0.3) is 5.91 Å². The summed E-state index contributed by atoms with van der Waals surface area (Å²) in [5, 5.41) is 12.2. The van der Waals surface area contributed by atoms with Crippen LogP contribution in [0.15, 0.2) is 48.6 Å². The molecule has 48 heavy (non-hydrogen) atoms. The molecule has 5 aliphatic rings. The minimum Gasteiger partial charge on any atom is -0.490 e. The molecule has 0 radical (unpaired) electrons. The van der Waals surface area contributed by atoms with E-state index in [9.17, 15) is 23.1 Å². The number of ether oxygens (including phenoxy) is 1. The number of nitrogens with zero attached hydrogens (tertiary/aromatic N) is 2. The molecule has 2 amide bonds. The molecule has 6 atom stereocenters. The standard InChI is InChI=1S/C37H46ClN3O6S/c1-24-6-3-15-37(44,20-34(42)40-16-5-17-40)31-11-8-28(31)21-41-22-36(14-4-7-26-18-29(38)10-12-30(26)36)23-47-33-13-9-27(19-32(33)41)35(43)39-48(45,46)25(24)2/h3,9-10,12-13,15,18-19,24-25,28,31,44H,4-8,11,14,16-17,20-23H2,1-2H3,(H,39,43)/b15-3-/t24-,25+,28-,31+,36-,37-/m0/s1. The highest BCUT2D eigenvalue weighted by atomic mass is 35.5. The maximum absolute atomic E-state index is 13.5. The summed E-state index contributed by atoms with van der Waals surface area (Å²) >= 11 is 6.43. The molecule has 1 spiro atoms. The smallest absolute Gasteiger partial charge is 0.264 e. The van der Waals surface area contributed by atoms with Crippen LogP contribution in [0.3, 0.4) is 0 Å². The Morgan fingerprint density at radius 3 is 2.67 bits per heavy atom. The molecule has 7 rings (SSSR count). The Labute approximate surface area is 288 Å². The Morgan fingerprint density at radius 1 is 1.12 bits per heavy atom. The van der Waals surface area contributed by atoms with Gasteiger partial charge in [-0.05, 0) is 111 Å². The van der Waals surface area contributed by atoms with Gasteiger partial charge in [-0.1, -0.05) is 36.7 Å². The maximum Gasteiger partial charge on any atom is 0.264 e. The number of aryl methyl sites for hydroxylation is 1. The zero-order chi connectivity index (χ0) is 33.8.